The molecular weight excluding hydrogens is 230 g/mol. The summed E-state index contributed by atoms with van der Waals surface area (Å²) in [5, 5.41) is 9.12. The first-order valence-electron chi connectivity index (χ1n) is 7.13. The SMILES string of the molecule is CCCCCCC(C)(CC(=O)O)N1CCOCC1. The molecule has 18 heavy (non-hydrogen) atoms. The number of hydrogen-bond donors (Lipinski definition) is 1. The lowest BCUT2D eigenvalue weighted by molar-refractivity contribution is -0.141. The zero-order valence-corrected chi connectivity index (χ0v) is 11.8. The van der Waals surface area contributed by atoms with Crippen molar-refractivity contribution >= 4 is 5.97 Å². The molecule has 1 unspecified atom stereocenters. The number of nitrogens with zero attached hydrogens (tertiary/aromatic N) is 1. The van der Waals surface area contributed by atoms with E-state index in [1.807, 2.05) is 0 Å². The molecule has 0 amide bonds. The zero-order chi connectivity index (χ0) is 13.4. The number of morpholine rings is 1. The van der Waals surface area contributed by atoms with Gasteiger partial charge < -0.3 is 9.84 Å². The van der Waals surface area contributed by atoms with Crippen LogP contribution in [-0.2, 0) is 9.53 Å². The highest BCUT2D eigenvalue weighted by molar-refractivity contribution is 5.68. The van der Waals surface area contributed by atoms with Gasteiger partial charge in [0.05, 0.1) is 19.6 Å². The molecule has 0 aromatic rings. The maximum absolute atomic E-state index is 11.1. The second-order valence-corrected chi connectivity index (χ2v) is 5.48. The van der Waals surface area contributed by atoms with E-state index in [1.165, 1.54) is 19.3 Å². The molecule has 1 fully saturated rings. The molecule has 0 aromatic carbocycles. The monoisotopic (exact) mass is 257 g/mol. The van der Waals surface area contributed by atoms with Crippen LogP contribution in [0, 0.1) is 0 Å². The molecule has 4 heteroatoms. The smallest absolute Gasteiger partial charge is 0.305 e. The molecule has 0 radical (unpaired) electrons. The number of carboxylic acids is 1. The summed E-state index contributed by atoms with van der Waals surface area (Å²) in [5.74, 6) is -0.695. The highest BCUT2D eigenvalue weighted by Gasteiger charge is 2.34. The van der Waals surface area contributed by atoms with Gasteiger partial charge >= 0.3 is 5.97 Å². The molecule has 1 rings (SSSR count). The lowest BCUT2D eigenvalue weighted by Gasteiger charge is -2.42. The van der Waals surface area contributed by atoms with E-state index in [2.05, 4.69) is 18.7 Å². The number of hydrogen-bond acceptors (Lipinski definition) is 3. The zero-order valence-electron chi connectivity index (χ0n) is 11.8. The molecule has 1 saturated heterocycles. The van der Waals surface area contributed by atoms with Crippen LogP contribution in [-0.4, -0.2) is 47.8 Å². The van der Waals surface area contributed by atoms with Gasteiger partial charge in [-0.3, -0.25) is 9.69 Å². The van der Waals surface area contributed by atoms with Crippen LogP contribution in [0.25, 0.3) is 0 Å². The maximum Gasteiger partial charge on any atom is 0.305 e. The van der Waals surface area contributed by atoms with Gasteiger partial charge in [-0.2, -0.15) is 0 Å². The summed E-state index contributed by atoms with van der Waals surface area (Å²) in [7, 11) is 0. The van der Waals surface area contributed by atoms with Gasteiger partial charge in [0.15, 0.2) is 0 Å². The Bertz CT molecular complexity index is 251. The lowest BCUT2D eigenvalue weighted by atomic mass is 9.88. The van der Waals surface area contributed by atoms with Crippen molar-refractivity contribution in [3.63, 3.8) is 0 Å². The van der Waals surface area contributed by atoms with Crippen LogP contribution >= 0.6 is 0 Å². The molecular formula is C14H27NO3. The highest BCUT2D eigenvalue weighted by atomic mass is 16.5. The third-order valence-electron chi connectivity index (χ3n) is 3.88. The van der Waals surface area contributed by atoms with Crippen LogP contribution in [0.3, 0.4) is 0 Å². The second kappa shape index (κ2) is 7.74. The van der Waals surface area contributed by atoms with Crippen molar-refractivity contribution in [1.82, 2.24) is 4.90 Å². The summed E-state index contributed by atoms with van der Waals surface area (Å²) in [6.45, 7) is 7.46. The Balaban J connectivity index is 2.52. The quantitative estimate of drug-likeness (QED) is 0.679. The van der Waals surface area contributed by atoms with E-state index in [-0.39, 0.29) is 12.0 Å². The average molecular weight is 257 g/mol. The summed E-state index contributed by atoms with van der Waals surface area (Å²) in [5.41, 5.74) is -0.205. The van der Waals surface area contributed by atoms with Crippen molar-refractivity contribution in [2.24, 2.45) is 0 Å². The largest absolute Gasteiger partial charge is 0.481 e. The van der Waals surface area contributed by atoms with Gasteiger partial charge in [0, 0.05) is 18.6 Å². The molecule has 0 spiro atoms. The summed E-state index contributed by atoms with van der Waals surface area (Å²) in [6.07, 6.45) is 5.99. The van der Waals surface area contributed by atoms with Crippen molar-refractivity contribution in [2.75, 3.05) is 26.3 Å². The predicted molar refractivity (Wildman–Crippen MR) is 71.8 cm³/mol. The predicted octanol–water partition coefficient (Wildman–Crippen LogP) is 2.52. The van der Waals surface area contributed by atoms with Gasteiger partial charge in [0.1, 0.15) is 0 Å². The van der Waals surface area contributed by atoms with Gasteiger partial charge in [0.2, 0.25) is 0 Å². The fraction of sp³-hybridized carbons (Fsp3) is 0.929. The Morgan fingerprint density at radius 2 is 1.94 bits per heavy atom. The summed E-state index contributed by atoms with van der Waals surface area (Å²) in [6, 6.07) is 0. The van der Waals surface area contributed by atoms with Gasteiger partial charge in [-0.15, -0.1) is 0 Å². The van der Waals surface area contributed by atoms with E-state index in [0.29, 0.717) is 0 Å². The van der Waals surface area contributed by atoms with Crippen molar-refractivity contribution in [3.05, 3.63) is 0 Å². The van der Waals surface area contributed by atoms with Gasteiger partial charge in [-0.25, -0.2) is 0 Å². The number of carbonyl (C=O) groups is 1. The number of carboxylic acid groups (broad SMARTS) is 1. The number of rotatable bonds is 8. The normalized spacial score (nSPS) is 20.6. The van der Waals surface area contributed by atoms with Crippen LogP contribution < -0.4 is 0 Å². The first-order valence-corrected chi connectivity index (χ1v) is 7.13. The van der Waals surface area contributed by atoms with Crippen LogP contribution in [0.15, 0.2) is 0 Å². The van der Waals surface area contributed by atoms with Gasteiger partial charge in [-0.05, 0) is 13.3 Å². The third kappa shape index (κ3) is 4.94. The Kier molecular flexibility index (Phi) is 6.65. The minimum absolute atomic E-state index is 0.205. The van der Waals surface area contributed by atoms with E-state index in [1.54, 1.807) is 0 Å². The first kappa shape index (κ1) is 15.4. The minimum atomic E-state index is -0.695. The molecule has 1 N–H and O–H groups in total. The molecule has 4 nitrogen and oxygen atoms in total. The van der Waals surface area contributed by atoms with Crippen LogP contribution in [0.1, 0.15) is 52.4 Å². The van der Waals surface area contributed by atoms with Crippen LogP contribution in [0.5, 0.6) is 0 Å². The first-order chi connectivity index (χ1) is 8.58. The van der Waals surface area contributed by atoms with Crippen molar-refractivity contribution in [1.29, 1.82) is 0 Å². The molecule has 0 saturated carbocycles. The molecule has 106 valence electrons. The van der Waals surface area contributed by atoms with Crippen LogP contribution in [0.4, 0.5) is 0 Å². The summed E-state index contributed by atoms with van der Waals surface area (Å²) in [4.78, 5) is 13.4. The van der Waals surface area contributed by atoms with Crippen molar-refractivity contribution in [2.45, 2.75) is 57.9 Å². The van der Waals surface area contributed by atoms with Crippen LogP contribution in [0.2, 0.25) is 0 Å². The third-order valence-corrected chi connectivity index (χ3v) is 3.88. The van der Waals surface area contributed by atoms with E-state index in [9.17, 15) is 4.79 Å². The fourth-order valence-electron chi connectivity index (χ4n) is 2.72. The lowest BCUT2D eigenvalue weighted by Crippen LogP contribution is -2.52. The molecule has 1 aliphatic rings. The van der Waals surface area contributed by atoms with Crippen molar-refractivity contribution in [3.8, 4) is 0 Å². The molecule has 1 aliphatic heterocycles. The number of aliphatic carboxylic acids is 1. The average Bonchev–Trinajstić information content (AvgIpc) is 2.35. The van der Waals surface area contributed by atoms with E-state index in [0.717, 1.165) is 39.1 Å². The molecule has 0 aromatic heterocycles. The van der Waals surface area contributed by atoms with Gasteiger partial charge in [-0.1, -0.05) is 32.6 Å². The number of ether oxygens (including phenoxy) is 1. The Morgan fingerprint density at radius 1 is 1.28 bits per heavy atom. The summed E-state index contributed by atoms with van der Waals surface area (Å²) >= 11 is 0. The van der Waals surface area contributed by atoms with Gasteiger partial charge in [0.25, 0.3) is 0 Å². The van der Waals surface area contributed by atoms with Crippen molar-refractivity contribution < 1.29 is 14.6 Å². The van der Waals surface area contributed by atoms with E-state index < -0.39 is 5.97 Å². The standard InChI is InChI=1S/C14H27NO3/c1-3-4-5-6-7-14(2,12-13(16)17)15-8-10-18-11-9-15/h3-12H2,1-2H3,(H,16,17). The molecule has 0 aliphatic carbocycles. The van der Waals surface area contributed by atoms with E-state index >= 15 is 0 Å². The Morgan fingerprint density at radius 3 is 2.50 bits per heavy atom. The Hall–Kier alpha value is -0.610. The fourth-order valence-corrected chi connectivity index (χ4v) is 2.72. The van der Waals surface area contributed by atoms with E-state index in [4.69, 9.17) is 9.84 Å². The molecule has 1 heterocycles. The summed E-state index contributed by atoms with van der Waals surface area (Å²) < 4.78 is 5.35. The highest BCUT2D eigenvalue weighted by Crippen LogP contribution is 2.27. The Labute approximate surface area is 110 Å². The minimum Gasteiger partial charge on any atom is -0.481 e. The second-order valence-electron chi connectivity index (χ2n) is 5.48. The molecule has 0 bridgehead atoms. The number of unbranched alkanes of at least 4 members (excludes halogenated alkanes) is 3. The topological polar surface area (TPSA) is 49.8 Å². The maximum atomic E-state index is 11.1. The molecule has 1 atom stereocenters.